The average molecular weight is 421 g/mol. The third-order valence-electron chi connectivity index (χ3n) is 4.80. The zero-order valence-electron chi connectivity index (χ0n) is 16.1. The van der Waals surface area contributed by atoms with Crippen LogP contribution in [-0.4, -0.2) is 75.4 Å². The molecule has 0 bridgehead atoms. The van der Waals surface area contributed by atoms with Crippen LogP contribution in [0.4, 0.5) is 0 Å². The lowest BCUT2D eigenvalue weighted by atomic mass is 9.99. The van der Waals surface area contributed by atoms with Gasteiger partial charge in [-0.1, -0.05) is 18.2 Å². The lowest BCUT2D eigenvalue weighted by Gasteiger charge is -2.39. The third kappa shape index (κ3) is 4.53. The van der Waals surface area contributed by atoms with Crippen molar-refractivity contribution in [3.05, 3.63) is 64.1 Å². The molecule has 162 valence electrons. The highest BCUT2D eigenvalue weighted by molar-refractivity contribution is 5.88. The summed E-state index contributed by atoms with van der Waals surface area (Å²) in [6.07, 6.45) is -4.16. The van der Waals surface area contributed by atoms with Gasteiger partial charge in [-0.25, -0.2) is 4.79 Å². The van der Waals surface area contributed by atoms with E-state index in [0.717, 1.165) is 0 Å². The van der Waals surface area contributed by atoms with Gasteiger partial charge in [0.2, 0.25) is 6.29 Å². The van der Waals surface area contributed by atoms with Crippen LogP contribution in [0, 0.1) is 0 Å². The average Bonchev–Trinajstić information content (AvgIpc) is 2.76. The predicted octanol–water partition coefficient (Wildman–Crippen LogP) is -1.14. The van der Waals surface area contributed by atoms with Crippen molar-refractivity contribution >= 4 is 5.97 Å². The second-order valence-corrected chi connectivity index (χ2v) is 6.81. The van der Waals surface area contributed by atoms with Crippen molar-refractivity contribution in [1.29, 1.82) is 0 Å². The van der Waals surface area contributed by atoms with E-state index in [4.69, 9.17) is 9.47 Å². The quantitative estimate of drug-likeness (QED) is 0.425. The first-order chi connectivity index (χ1) is 14.3. The molecule has 1 aromatic carbocycles. The number of aromatic nitrogens is 1. The zero-order valence-corrected chi connectivity index (χ0v) is 16.1. The van der Waals surface area contributed by atoms with Crippen molar-refractivity contribution in [3.63, 3.8) is 0 Å². The molecule has 30 heavy (non-hydrogen) atoms. The molecule has 3 rings (SSSR count). The number of esters is 1. The van der Waals surface area contributed by atoms with E-state index in [1.54, 1.807) is 28.8 Å². The maximum Gasteiger partial charge on any atom is 0.343 e. The molecule has 2 aromatic rings. The maximum atomic E-state index is 11.9. The van der Waals surface area contributed by atoms with Gasteiger partial charge in [0, 0.05) is 24.0 Å². The van der Waals surface area contributed by atoms with E-state index in [0.29, 0.717) is 11.3 Å². The molecule has 0 spiro atoms. The van der Waals surface area contributed by atoms with Crippen molar-refractivity contribution in [1.82, 2.24) is 4.57 Å². The van der Waals surface area contributed by atoms with Crippen LogP contribution in [0.15, 0.2) is 47.5 Å². The minimum absolute atomic E-state index is 0.118. The third-order valence-corrected chi connectivity index (χ3v) is 4.80. The van der Waals surface area contributed by atoms with Crippen LogP contribution in [0.3, 0.4) is 0 Å². The van der Waals surface area contributed by atoms with Gasteiger partial charge in [0.05, 0.1) is 20.3 Å². The van der Waals surface area contributed by atoms with E-state index in [1.165, 1.54) is 25.6 Å². The first kappa shape index (κ1) is 21.9. The van der Waals surface area contributed by atoms with Gasteiger partial charge in [-0.3, -0.25) is 4.79 Å². The standard InChI is InChI=1S/C20H23NO9/c1-28-19(27)12-9-21(7-6-13(12)23)8-11-4-2-3-5-14(11)29-20-18(26)17(25)16(24)15(10-22)30-20/h2-7,9,15-18,20,22,24-26H,8,10H2,1H3/t15-,16-,17+,18-,20-/m1/s1. The Hall–Kier alpha value is -2.76. The second-order valence-electron chi connectivity index (χ2n) is 6.81. The van der Waals surface area contributed by atoms with Crippen LogP contribution in [0.2, 0.25) is 0 Å². The van der Waals surface area contributed by atoms with Crippen molar-refractivity contribution in [2.75, 3.05) is 13.7 Å². The lowest BCUT2D eigenvalue weighted by molar-refractivity contribution is -0.277. The molecule has 0 radical (unpaired) electrons. The zero-order chi connectivity index (χ0) is 21.8. The van der Waals surface area contributed by atoms with Gasteiger partial charge in [-0.15, -0.1) is 0 Å². The number of methoxy groups -OCH3 is 1. The molecule has 0 saturated carbocycles. The Morgan fingerprint density at radius 1 is 1.13 bits per heavy atom. The molecular formula is C20H23NO9. The van der Waals surface area contributed by atoms with E-state index in [9.17, 15) is 30.0 Å². The van der Waals surface area contributed by atoms with Crippen LogP contribution in [0.5, 0.6) is 5.75 Å². The number of rotatable bonds is 6. The molecule has 1 aliphatic rings. The summed E-state index contributed by atoms with van der Waals surface area (Å²) in [5, 5.41) is 39.3. The molecule has 0 aliphatic carbocycles. The molecule has 10 heteroatoms. The van der Waals surface area contributed by atoms with Gasteiger partial charge < -0.3 is 39.2 Å². The topological polar surface area (TPSA) is 148 Å². The fourth-order valence-corrected chi connectivity index (χ4v) is 3.12. The number of pyridine rings is 1. The summed E-state index contributed by atoms with van der Waals surface area (Å²) < 4.78 is 17.3. The summed E-state index contributed by atoms with van der Waals surface area (Å²) in [4.78, 5) is 23.6. The van der Waals surface area contributed by atoms with E-state index in [2.05, 4.69) is 4.74 Å². The number of hydrogen-bond acceptors (Lipinski definition) is 9. The van der Waals surface area contributed by atoms with Gasteiger partial charge in [-0.05, 0) is 6.07 Å². The number of aliphatic hydroxyl groups excluding tert-OH is 4. The van der Waals surface area contributed by atoms with Crippen molar-refractivity contribution in [2.24, 2.45) is 0 Å². The second kappa shape index (κ2) is 9.37. The van der Waals surface area contributed by atoms with Gasteiger partial charge in [-0.2, -0.15) is 0 Å². The minimum atomic E-state index is -1.56. The highest BCUT2D eigenvalue weighted by atomic mass is 16.7. The number of hydrogen-bond donors (Lipinski definition) is 4. The molecule has 1 aromatic heterocycles. The van der Waals surface area contributed by atoms with Crippen molar-refractivity contribution in [3.8, 4) is 5.75 Å². The van der Waals surface area contributed by atoms with E-state index in [-0.39, 0.29) is 12.1 Å². The summed E-state index contributed by atoms with van der Waals surface area (Å²) in [6, 6.07) is 8.02. The van der Waals surface area contributed by atoms with Gasteiger partial charge >= 0.3 is 5.97 Å². The van der Waals surface area contributed by atoms with E-state index in [1.807, 2.05) is 0 Å². The Labute approximate surface area is 171 Å². The monoisotopic (exact) mass is 421 g/mol. The molecule has 10 nitrogen and oxygen atoms in total. The fraction of sp³-hybridized carbons (Fsp3) is 0.400. The number of carbonyl (C=O) groups excluding carboxylic acids is 1. The molecule has 4 N–H and O–H groups in total. The van der Waals surface area contributed by atoms with Gasteiger partial charge in [0.15, 0.2) is 5.43 Å². The highest BCUT2D eigenvalue weighted by Gasteiger charge is 2.44. The Morgan fingerprint density at radius 2 is 1.87 bits per heavy atom. The van der Waals surface area contributed by atoms with Crippen molar-refractivity contribution < 1.29 is 39.4 Å². The number of carbonyl (C=O) groups is 1. The molecule has 2 heterocycles. The fourth-order valence-electron chi connectivity index (χ4n) is 3.12. The predicted molar refractivity (Wildman–Crippen MR) is 102 cm³/mol. The summed E-state index contributed by atoms with van der Waals surface area (Å²) in [6.45, 7) is -0.363. The van der Waals surface area contributed by atoms with Crippen molar-refractivity contribution in [2.45, 2.75) is 37.3 Å². The summed E-state index contributed by atoms with van der Waals surface area (Å²) in [5.41, 5.74) is 0.0326. The molecule has 1 aliphatic heterocycles. The van der Waals surface area contributed by atoms with Crippen LogP contribution < -0.4 is 10.2 Å². The molecular weight excluding hydrogens is 398 g/mol. The number of nitrogens with zero attached hydrogens (tertiary/aromatic N) is 1. The molecule has 1 saturated heterocycles. The summed E-state index contributed by atoms with van der Waals surface area (Å²) in [5.74, 6) is -0.444. The highest BCUT2D eigenvalue weighted by Crippen LogP contribution is 2.27. The molecule has 0 amide bonds. The largest absolute Gasteiger partial charge is 0.465 e. The van der Waals surface area contributed by atoms with Crippen LogP contribution in [0.25, 0.3) is 0 Å². The van der Waals surface area contributed by atoms with E-state index < -0.39 is 48.7 Å². The first-order valence-electron chi connectivity index (χ1n) is 9.19. The molecule has 1 fully saturated rings. The summed E-state index contributed by atoms with van der Waals surface area (Å²) >= 11 is 0. The summed E-state index contributed by atoms with van der Waals surface area (Å²) in [7, 11) is 1.18. The Kier molecular flexibility index (Phi) is 6.85. The SMILES string of the molecule is COC(=O)c1cn(Cc2ccccc2O[C@@H]2O[C@H](CO)[C@@H](O)[C@H](O)[C@H]2O)ccc1=O. The first-order valence-corrected chi connectivity index (χ1v) is 9.19. The number of aliphatic hydroxyl groups is 4. The number of ether oxygens (including phenoxy) is 3. The molecule has 0 unspecified atom stereocenters. The van der Waals surface area contributed by atoms with Crippen LogP contribution >= 0.6 is 0 Å². The van der Waals surface area contributed by atoms with Crippen LogP contribution in [0.1, 0.15) is 15.9 Å². The number of benzene rings is 1. The normalized spacial score (nSPS) is 26.2. The Balaban J connectivity index is 1.83. The smallest absolute Gasteiger partial charge is 0.343 e. The van der Waals surface area contributed by atoms with Gasteiger partial charge in [0.1, 0.15) is 35.7 Å². The lowest BCUT2D eigenvalue weighted by Crippen LogP contribution is -2.60. The Morgan fingerprint density at radius 3 is 2.57 bits per heavy atom. The Bertz CT molecular complexity index is 942. The van der Waals surface area contributed by atoms with Gasteiger partial charge in [0.25, 0.3) is 0 Å². The maximum absolute atomic E-state index is 11.9. The van der Waals surface area contributed by atoms with E-state index >= 15 is 0 Å². The van der Waals surface area contributed by atoms with Crippen LogP contribution in [-0.2, 0) is 16.0 Å². The molecule has 5 atom stereocenters. The number of para-hydroxylation sites is 1. The minimum Gasteiger partial charge on any atom is -0.465 e.